The highest BCUT2D eigenvalue weighted by molar-refractivity contribution is 6.31. The number of ether oxygens (including phenoxy) is 1. The summed E-state index contributed by atoms with van der Waals surface area (Å²) in [6, 6.07) is 24.4. The molecule has 2 atom stereocenters. The minimum absolute atomic E-state index is 0.0201. The monoisotopic (exact) mass is 515 g/mol. The molecule has 1 heterocycles. The van der Waals surface area contributed by atoms with Gasteiger partial charge in [0.15, 0.2) is 0 Å². The van der Waals surface area contributed by atoms with E-state index in [9.17, 15) is 0 Å². The highest BCUT2D eigenvalue weighted by Gasteiger charge is 2.53. The van der Waals surface area contributed by atoms with Crippen molar-refractivity contribution in [2.75, 3.05) is 4.90 Å². The minimum atomic E-state index is -0.422. The average molecular weight is 517 g/mol. The first-order valence-electron chi connectivity index (χ1n) is 12.2. The summed E-state index contributed by atoms with van der Waals surface area (Å²) in [5.74, 6) is 0. The summed E-state index contributed by atoms with van der Waals surface area (Å²) in [6.07, 6.45) is 6.18. The van der Waals surface area contributed by atoms with Gasteiger partial charge >= 0.3 is 0 Å². The lowest BCUT2D eigenvalue weighted by Gasteiger charge is -2.41. The zero-order valence-electron chi connectivity index (χ0n) is 19.8. The highest BCUT2D eigenvalue weighted by atomic mass is 35.5. The number of hydrogen-bond acceptors (Lipinski definition) is 2. The number of unbranched alkanes of at least 4 members (excludes halogenated alkanes) is 2. The van der Waals surface area contributed by atoms with E-state index in [0.29, 0.717) is 0 Å². The van der Waals surface area contributed by atoms with E-state index in [1.54, 1.807) is 0 Å². The average Bonchev–Trinajstić information content (AvgIpc) is 3.18. The maximum Gasteiger partial charge on any atom is 0.142 e. The lowest BCUT2D eigenvalue weighted by atomic mass is 9.92. The Hall–Kier alpha value is -1.71. The van der Waals surface area contributed by atoms with E-state index in [0.717, 1.165) is 64.8 Å². The van der Waals surface area contributed by atoms with Crippen molar-refractivity contribution in [1.29, 1.82) is 0 Å². The second kappa shape index (κ2) is 11.4. The Balaban J connectivity index is 1.91. The van der Waals surface area contributed by atoms with Crippen LogP contribution in [-0.2, 0) is 4.74 Å². The van der Waals surface area contributed by atoms with Crippen LogP contribution in [0.15, 0.2) is 72.8 Å². The molecule has 34 heavy (non-hydrogen) atoms. The van der Waals surface area contributed by atoms with Crippen LogP contribution < -0.4 is 4.90 Å². The molecule has 3 aromatic rings. The van der Waals surface area contributed by atoms with Crippen LogP contribution in [-0.4, -0.2) is 5.72 Å². The molecule has 5 heteroatoms. The largest absolute Gasteiger partial charge is 0.345 e. The molecule has 3 aromatic carbocycles. The van der Waals surface area contributed by atoms with E-state index in [4.69, 9.17) is 39.5 Å². The van der Waals surface area contributed by atoms with E-state index >= 15 is 0 Å². The fourth-order valence-electron chi connectivity index (χ4n) is 5.02. The SMILES string of the molecule is CCCCC1(CCCC)O[C@H](c2ccc(Cl)cc2)[C@@H](c2ccc(Cl)cc2)N1c1ccc(Cl)cc1. The maximum atomic E-state index is 7.19. The number of rotatable bonds is 9. The third-order valence-corrected chi connectivity index (χ3v) is 7.46. The molecule has 1 aliphatic heterocycles. The highest BCUT2D eigenvalue weighted by Crippen LogP contribution is 2.55. The topological polar surface area (TPSA) is 12.5 Å². The summed E-state index contributed by atoms with van der Waals surface area (Å²) >= 11 is 18.8. The molecule has 1 fully saturated rings. The Kier molecular flexibility index (Phi) is 8.47. The maximum absolute atomic E-state index is 7.19. The quantitative estimate of drug-likeness (QED) is 0.280. The van der Waals surface area contributed by atoms with Crippen LogP contribution in [0.2, 0.25) is 15.1 Å². The molecule has 0 aromatic heterocycles. The third kappa shape index (κ3) is 5.41. The van der Waals surface area contributed by atoms with Crippen LogP contribution in [0.3, 0.4) is 0 Å². The molecule has 4 rings (SSSR count). The lowest BCUT2D eigenvalue weighted by molar-refractivity contribution is -0.0561. The molecule has 2 nitrogen and oxygen atoms in total. The number of halogens is 3. The Morgan fingerprint density at radius 3 is 1.59 bits per heavy atom. The molecular weight excluding hydrogens is 485 g/mol. The van der Waals surface area contributed by atoms with Gasteiger partial charge < -0.3 is 9.64 Å². The van der Waals surface area contributed by atoms with E-state index in [2.05, 4.69) is 55.1 Å². The van der Waals surface area contributed by atoms with Gasteiger partial charge in [0.25, 0.3) is 0 Å². The molecule has 0 amide bonds. The summed E-state index contributed by atoms with van der Waals surface area (Å²) < 4.78 is 7.19. The van der Waals surface area contributed by atoms with Gasteiger partial charge in [0.1, 0.15) is 11.8 Å². The summed E-state index contributed by atoms with van der Waals surface area (Å²) in [4.78, 5) is 2.51. The van der Waals surface area contributed by atoms with Gasteiger partial charge in [-0.15, -0.1) is 0 Å². The van der Waals surface area contributed by atoms with Crippen LogP contribution in [0.4, 0.5) is 5.69 Å². The molecule has 1 aliphatic rings. The van der Waals surface area contributed by atoms with Crippen molar-refractivity contribution >= 4 is 40.5 Å². The smallest absolute Gasteiger partial charge is 0.142 e. The predicted octanol–water partition coefficient (Wildman–Crippen LogP) is 10.0. The summed E-state index contributed by atoms with van der Waals surface area (Å²) in [6.45, 7) is 4.48. The normalized spacial score (nSPS) is 19.5. The molecule has 0 unspecified atom stereocenters. The Morgan fingerprint density at radius 1 is 0.676 bits per heavy atom. The van der Waals surface area contributed by atoms with Crippen molar-refractivity contribution in [1.82, 2.24) is 0 Å². The number of benzene rings is 3. The molecule has 0 spiro atoms. The molecule has 0 radical (unpaired) electrons. The van der Waals surface area contributed by atoms with Gasteiger partial charge in [-0.25, -0.2) is 0 Å². The molecule has 0 saturated carbocycles. The Labute approximate surface area is 218 Å². The van der Waals surface area contributed by atoms with Crippen LogP contribution in [0.5, 0.6) is 0 Å². The summed E-state index contributed by atoms with van der Waals surface area (Å²) in [7, 11) is 0. The van der Waals surface area contributed by atoms with Crippen molar-refractivity contribution < 1.29 is 4.74 Å². The third-order valence-electron chi connectivity index (χ3n) is 6.71. The molecular formula is C29H32Cl3NO. The summed E-state index contributed by atoms with van der Waals surface area (Å²) in [5.41, 5.74) is 2.99. The first-order chi connectivity index (χ1) is 16.5. The van der Waals surface area contributed by atoms with Crippen molar-refractivity contribution in [3.8, 4) is 0 Å². The van der Waals surface area contributed by atoms with Crippen molar-refractivity contribution in [2.24, 2.45) is 0 Å². The summed E-state index contributed by atoms with van der Waals surface area (Å²) in [5, 5.41) is 2.18. The van der Waals surface area contributed by atoms with E-state index in [1.165, 1.54) is 5.56 Å². The van der Waals surface area contributed by atoms with Gasteiger partial charge in [0.05, 0.1) is 6.04 Å². The van der Waals surface area contributed by atoms with Gasteiger partial charge in [0.2, 0.25) is 0 Å². The zero-order chi connectivity index (χ0) is 24.1. The zero-order valence-corrected chi connectivity index (χ0v) is 22.1. The minimum Gasteiger partial charge on any atom is -0.345 e. The standard InChI is InChI=1S/C29H32Cl3NO/c1-3-5-19-29(20-6-4-2)33(26-17-15-25(32)16-18-26)27(21-7-11-23(30)12-8-21)28(34-29)22-9-13-24(31)14-10-22/h7-18,27-28H,3-6,19-20H2,1-2H3/t27-,28-/m1/s1. The predicted molar refractivity (Wildman–Crippen MR) is 145 cm³/mol. The van der Waals surface area contributed by atoms with Crippen molar-refractivity contribution in [3.63, 3.8) is 0 Å². The molecule has 0 bridgehead atoms. The van der Waals surface area contributed by atoms with Crippen LogP contribution >= 0.6 is 34.8 Å². The first kappa shape index (κ1) is 25.4. The van der Waals surface area contributed by atoms with Crippen molar-refractivity contribution in [3.05, 3.63) is 99.0 Å². The Bertz CT molecular complexity index is 1040. The first-order valence-corrected chi connectivity index (χ1v) is 13.3. The molecule has 1 saturated heterocycles. The second-order valence-electron chi connectivity index (χ2n) is 9.09. The second-order valence-corrected chi connectivity index (χ2v) is 10.4. The van der Waals surface area contributed by atoms with Crippen LogP contribution in [0.25, 0.3) is 0 Å². The molecule has 0 N–H and O–H groups in total. The van der Waals surface area contributed by atoms with Gasteiger partial charge in [0, 0.05) is 20.8 Å². The number of nitrogens with zero attached hydrogens (tertiary/aromatic N) is 1. The fourth-order valence-corrected chi connectivity index (χ4v) is 5.40. The van der Waals surface area contributed by atoms with E-state index in [-0.39, 0.29) is 12.1 Å². The molecule has 0 aliphatic carbocycles. The van der Waals surface area contributed by atoms with Gasteiger partial charge in [-0.1, -0.05) is 85.8 Å². The van der Waals surface area contributed by atoms with Gasteiger partial charge in [-0.2, -0.15) is 0 Å². The fraction of sp³-hybridized carbons (Fsp3) is 0.379. The van der Waals surface area contributed by atoms with E-state index < -0.39 is 5.72 Å². The van der Waals surface area contributed by atoms with Gasteiger partial charge in [-0.3, -0.25) is 0 Å². The van der Waals surface area contributed by atoms with E-state index in [1.807, 2.05) is 36.4 Å². The lowest BCUT2D eigenvalue weighted by Crippen LogP contribution is -2.46. The number of anilines is 1. The van der Waals surface area contributed by atoms with Crippen LogP contribution in [0.1, 0.15) is 75.6 Å². The van der Waals surface area contributed by atoms with Crippen LogP contribution in [0, 0.1) is 0 Å². The molecule has 180 valence electrons. The number of hydrogen-bond donors (Lipinski definition) is 0. The van der Waals surface area contributed by atoms with Crippen molar-refractivity contribution in [2.45, 2.75) is 70.2 Å². The Morgan fingerprint density at radius 2 is 1.12 bits per heavy atom. The van der Waals surface area contributed by atoms with Gasteiger partial charge in [-0.05, 0) is 85.3 Å².